The van der Waals surface area contributed by atoms with Gasteiger partial charge in [0, 0.05) is 17.0 Å². The summed E-state index contributed by atoms with van der Waals surface area (Å²) < 4.78 is 10.2. The van der Waals surface area contributed by atoms with E-state index in [4.69, 9.17) is 4.74 Å². The Kier molecular flexibility index (Phi) is 5.21. The first-order valence-corrected chi connectivity index (χ1v) is 8.12. The highest BCUT2D eigenvalue weighted by molar-refractivity contribution is 6.01. The highest BCUT2D eigenvalue weighted by Crippen LogP contribution is 2.32. The van der Waals surface area contributed by atoms with Gasteiger partial charge >= 0.3 is 5.97 Å². The number of aromatic nitrogens is 1. The maximum Gasteiger partial charge on any atom is 0.327 e. The maximum atomic E-state index is 12.6. The third kappa shape index (κ3) is 3.98. The molecule has 0 unspecified atom stereocenters. The number of hydrogen-bond donors (Lipinski definition) is 0. The summed E-state index contributed by atoms with van der Waals surface area (Å²) >= 11 is 0. The Labute approximate surface area is 155 Å². The molecule has 7 heteroatoms. The van der Waals surface area contributed by atoms with E-state index >= 15 is 0 Å². The van der Waals surface area contributed by atoms with Crippen molar-refractivity contribution in [3.05, 3.63) is 59.9 Å². The molecule has 2 aromatic carbocycles. The number of ether oxygens (including phenoxy) is 2. The van der Waals surface area contributed by atoms with Gasteiger partial charge in [-0.25, -0.2) is 0 Å². The molecule has 1 heterocycles. The zero-order chi connectivity index (χ0) is 19.4. The highest BCUT2D eigenvalue weighted by Gasteiger charge is 2.08. The molecule has 0 fully saturated rings. The van der Waals surface area contributed by atoms with Gasteiger partial charge in [0.1, 0.15) is 18.0 Å². The smallest absolute Gasteiger partial charge is 0.327 e. The predicted octanol–water partition coefficient (Wildman–Crippen LogP) is 1.69. The van der Waals surface area contributed by atoms with E-state index < -0.39 is 24.2 Å². The molecule has 3 aromatic rings. The van der Waals surface area contributed by atoms with Gasteiger partial charge in [0.05, 0.1) is 12.8 Å². The van der Waals surface area contributed by atoms with E-state index in [-0.39, 0.29) is 5.69 Å². The third-order valence-electron chi connectivity index (χ3n) is 3.88. The predicted molar refractivity (Wildman–Crippen MR) is 95.9 cm³/mol. The molecular weight excluding hydrogens is 348 g/mol. The number of aliphatic imine (C=N–C) groups is 1. The number of hydrogen-bond acceptors (Lipinski definition) is 7. The average Bonchev–Trinajstić information content (AvgIpc) is 2.69. The molecule has 0 radical (unpaired) electrons. The van der Waals surface area contributed by atoms with Crippen LogP contribution in [0.5, 0.6) is 17.2 Å². The summed E-state index contributed by atoms with van der Waals surface area (Å²) in [5.74, 6) is -0.845. The van der Waals surface area contributed by atoms with E-state index in [1.807, 2.05) is 30.3 Å². The number of pyridine rings is 1. The van der Waals surface area contributed by atoms with Gasteiger partial charge in [0.25, 0.3) is 0 Å². The number of rotatable bonds is 5. The Balaban J connectivity index is 1.98. The summed E-state index contributed by atoms with van der Waals surface area (Å²) in [6.07, 6.45) is 0. The second-order valence-electron chi connectivity index (χ2n) is 5.69. The lowest BCUT2D eigenvalue weighted by Crippen LogP contribution is -2.24. The normalized spacial score (nSPS) is 11.4. The van der Waals surface area contributed by atoms with Crippen molar-refractivity contribution < 1.29 is 24.5 Å². The summed E-state index contributed by atoms with van der Waals surface area (Å²) in [4.78, 5) is 18.8. The van der Waals surface area contributed by atoms with Gasteiger partial charge in [-0.3, -0.25) is 14.8 Å². The summed E-state index contributed by atoms with van der Waals surface area (Å²) in [6, 6.07) is 14.2. The Morgan fingerprint density at radius 2 is 1.85 bits per heavy atom. The van der Waals surface area contributed by atoms with Crippen LogP contribution in [0.25, 0.3) is 10.8 Å². The molecular formula is C20H16N2O5-2. The van der Waals surface area contributed by atoms with E-state index in [0.717, 1.165) is 0 Å². The summed E-state index contributed by atoms with van der Waals surface area (Å²) in [5.41, 5.74) is 0.167. The van der Waals surface area contributed by atoms with Gasteiger partial charge in [-0.1, -0.05) is 30.0 Å². The first kappa shape index (κ1) is 18.2. The molecule has 3 rings (SSSR count). The minimum Gasteiger partial charge on any atom is -0.871 e. The Morgan fingerprint density at radius 1 is 1.11 bits per heavy atom. The van der Waals surface area contributed by atoms with E-state index in [1.165, 1.54) is 7.11 Å². The zero-order valence-corrected chi connectivity index (χ0v) is 14.8. The van der Waals surface area contributed by atoms with Crippen molar-refractivity contribution in [1.82, 2.24) is 4.98 Å². The molecule has 27 heavy (non-hydrogen) atoms. The SMILES string of the molecule is COC(=O)CN=C([O-])c1nc(C)c2cc(Oc3ccccc3)ccc2c1[O-]. The zero-order valence-electron chi connectivity index (χ0n) is 14.8. The number of nitrogens with zero attached hydrogens (tertiary/aromatic N) is 2. The number of methoxy groups -OCH3 is 1. The van der Waals surface area contributed by atoms with Crippen molar-refractivity contribution in [3.63, 3.8) is 0 Å². The molecule has 0 aliphatic rings. The summed E-state index contributed by atoms with van der Waals surface area (Å²) in [7, 11) is 1.19. The molecule has 0 amide bonds. The third-order valence-corrected chi connectivity index (χ3v) is 3.88. The molecule has 0 spiro atoms. The Bertz CT molecular complexity index is 1020. The first-order valence-electron chi connectivity index (χ1n) is 8.12. The van der Waals surface area contributed by atoms with Gasteiger partial charge in [0.2, 0.25) is 0 Å². The molecule has 0 saturated heterocycles. The van der Waals surface area contributed by atoms with Crippen LogP contribution in [0.4, 0.5) is 0 Å². The number of carbonyl (C=O) groups is 1. The van der Waals surface area contributed by atoms with E-state index in [1.54, 1.807) is 25.1 Å². The minimum absolute atomic E-state index is 0.319. The standard InChI is InChI=1S/C20H18N2O5/c1-12-16-10-14(27-13-6-4-3-5-7-13)8-9-15(16)19(24)18(22-12)20(25)21-11-17(23)26-2/h3-10,24H,11H2,1-2H3,(H,21,25)/p-2. The van der Waals surface area contributed by atoms with E-state index in [9.17, 15) is 15.0 Å². The minimum atomic E-state index is -0.847. The lowest BCUT2D eigenvalue weighted by Gasteiger charge is -2.21. The van der Waals surface area contributed by atoms with Gasteiger partial charge in [-0.05, 0) is 36.6 Å². The molecule has 0 atom stereocenters. The van der Waals surface area contributed by atoms with Crippen molar-refractivity contribution in [2.45, 2.75) is 6.92 Å². The average molecular weight is 364 g/mol. The lowest BCUT2D eigenvalue weighted by molar-refractivity contribution is -0.268. The van der Waals surface area contributed by atoms with Crippen LogP contribution >= 0.6 is 0 Å². The van der Waals surface area contributed by atoms with Crippen LogP contribution in [0.2, 0.25) is 0 Å². The number of para-hydroxylation sites is 1. The molecule has 0 aliphatic heterocycles. The molecule has 0 saturated carbocycles. The maximum absolute atomic E-state index is 12.6. The van der Waals surface area contributed by atoms with Crippen LogP contribution in [0.3, 0.4) is 0 Å². The van der Waals surface area contributed by atoms with E-state index in [2.05, 4.69) is 14.7 Å². The molecule has 1 aromatic heterocycles. The highest BCUT2D eigenvalue weighted by atomic mass is 16.5. The van der Waals surface area contributed by atoms with Crippen molar-refractivity contribution in [2.75, 3.05) is 13.7 Å². The second kappa shape index (κ2) is 7.74. The Morgan fingerprint density at radius 3 is 2.56 bits per heavy atom. The van der Waals surface area contributed by atoms with Gasteiger partial charge < -0.3 is 19.7 Å². The van der Waals surface area contributed by atoms with Gasteiger partial charge in [-0.15, -0.1) is 0 Å². The fourth-order valence-electron chi connectivity index (χ4n) is 2.54. The van der Waals surface area contributed by atoms with Crippen LogP contribution in [0.15, 0.2) is 53.5 Å². The number of aryl methyl sites for hydroxylation is 1. The molecule has 7 nitrogen and oxygen atoms in total. The van der Waals surface area contributed by atoms with Crippen LogP contribution in [-0.2, 0) is 9.53 Å². The molecule has 0 N–H and O–H groups in total. The fourth-order valence-corrected chi connectivity index (χ4v) is 2.54. The van der Waals surface area contributed by atoms with Gasteiger partial charge in [-0.2, -0.15) is 0 Å². The molecule has 0 bridgehead atoms. The monoisotopic (exact) mass is 364 g/mol. The topological polar surface area (TPSA) is 107 Å². The number of fused-ring (bicyclic) bond motifs is 1. The van der Waals surface area contributed by atoms with Crippen molar-refractivity contribution in [2.24, 2.45) is 4.99 Å². The van der Waals surface area contributed by atoms with Gasteiger partial charge in [0.15, 0.2) is 0 Å². The van der Waals surface area contributed by atoms with Crippen LogP contribution < -0.4 is 14.9 Å². The first-order chi connectivity index (χ1) is 13.0. The quantitative estimate of drug-likeness (QED) is 0.387. The molecule has 0 aliphatic carbocycles. The van der Waals surface area contributed by atoms with E-state index in [0.29, 0.717) is 28.0 Å². The summed E-state index contributed by atoms with van der Waals surface area (Å²) in [5, 5.41) is 25.6. The van der Waals surface area contributed by atoms with Crippen molar-refractivity contribution in [1.29, 1.82) is 0 Å². The number of esters is 1. The second-order valence-corrected chi connectivity index (χ2v) is 5.69. The summed E-state index contributed by atoms with van der Waals surface area (Å²) in [6.45, 7) is 1.22. The van der Waals surface area contributed by atoms with Crippen molar-refractivity contribution in [3.8, 4) is 17.2 Å². The largest absolute Gasteiger partial charge is 0.871 e. The number of carbonyl (C=O) groups excluding carboxylic acids is 1. The fraction of sp³-hybridized carbons (Fsp3) is 0.150. The van der Waals surface area contributed by atoms with Crippen LogP contribution in [0, 0.1) is 6.92 Å². The van der Waals surface area contributed by atoms with Crippen LogP contribution in [0.1, 0.15) is 11.4 Å². The molecule has 138 valence electrons. The van der Waals surface area contributed by atoms with Crippen LogP contribution in [-0.4, -0.2) is 30.5 Å². The Hall–Kier alpha value is -3.61. The lowest BCUT2D eigenvalue weighted by atomic mass is 10.1. The van der Waals surface area contributed by atoms with Crippen molar-refractivity contribution >= 4 is 22.6 Å². The number of benzene rings is 2.